The zero-order valence-corrected chi connectivity index (χ0v) is 16.3. The van der Waals surface area contributed by atoms with Gasteiger partial charge >= 0.3 is 0 Å². The van der Waals surface area contributed by atoms with Gasteiger partial charge in [0.1, 0.15) is 17.5 Å². The molecule has 0 aromatic heterocycles. The van der Waals surface area contributed by atoms with Crippen LogP contribution in [0.4, 0.5) is 10.1 Å². The van der Waals surface area contributed by atoms with E-state index >= 15 is 0 Å². The average molecular weight is 412 g/mol. The van der Waals surface area contributed by atoms with Gasteiger partial charge in [0.2, 0.25) is 5.96 Å². The summed E-state index contributed by atoms with van der Waals surface area (Å²) in [5.74, 6) is -0.927. The number of aliphatic hydroxyl groups is 1. The van der Waals surface area contributed by atoms with E-state index in [1.807, 2.05) is 30.3 Å². The van der Waals surface area contributed by atoms with Crippen LogP contribution < -0.4 is 15.4 Å². The van der Waals surface area contributed by atoms with Gasteiger partial charge in [-0.15, -0.1) is 0 Å². The molecule has 2 unspecified atom stereocenters. The molecule has 1 saturated heterocycles. The van der Waals surface area contributed by atoms with E-state index < -0.39 is 18.0 Å². The van der Waals surface area contributed by atoms with Gasteiger partial charge in [-0.3, -0.25) is 14.9 Å². The van der Waals surface area contributed by atoms with Crippen molar-refractivity contribution in [3.8, 4) is 5.75 Å². The summed E-state index contributed by atoms with van der Waals surface area (Å²) in [7, 11) is 0. The summed E-state index contributed by atoms with van der Waals surface area (Å²) < 4.78 is 20.3. The van der Waals surface area contributed by atoms with Gasteiger partial charge in [0, 0.05) is 24.7 Å². The summed E-state index contributed by atoms with van der Waals surface area (Å²) in [4.78, 5) is 30.0. The lowest BCUT2D eigenvalue weighted by atomic mass is 10.1. The van der Waals surface area contributed by atoms with Crippen LogP contribution in [0.25, 0.3) is 0 Å². The Kier molecular flexibility index (Phi) is 5.37. The molecule has 30 heavy (non-hydrogen) atoms. The molecule has 3 N–H and O–H groups in total. The van der Waals surface area contributed by atoms with Crippen molar-refractivity contribution >= 4 is 23.5 Å². The van der Waals surface area contributed by atoms with Crippen molar-refractivity contribution in [1.82, 2.24) is 15.5 Å². The van der Waals surface area contributed by atoms with Gasteiger partial charge in [0.15, 0.2) is 11.9 Å². The third-order valence-electron chi connectivity index (χ3n) is 5.02. The lowest BCUT2D eigenvalue weighted by Crippen LogP contribution is -2.39. The highest BCUT2D eigenvalue weighted by Gasteiger charge is 2.39. The largest absolute Gasteiger partial charge is 0.481 e. The zero-order chi connectivity index (χ0) is 21.3. The average Bonchev–Trinajstić information content (AvgIpc) is 3.05. The first-order chi connectivity index (χ1) is 14.5. The molecular weight excluding hydrogens is 391 g/mol. The van der Waals surface area contributed by atoms with Crippen molar-refractivity contribution in [3.63, 3.8) is 0 Å². The van der Waals surface area contributed by atoms with Gasteiger partial charge < -0.3 is 20.1 Å². The Labute approximate surface area is 172 Å². The van der Waals surface area contributed by atoms with Crippen LogP contribution in [0, 0.1) is 5.82 Å². The lowest BCUT2D eigenvalue weighted by Gasteiger charge is -2.27. The van der Waals surface area contributed by atoms with E-state index in [1.54, 1.807) is 17.9 Å². The fourth-order valence-electron chi connectivity index (χ4n) is 3.43. The van der Waals surface area contributed by atoms with Gasteiger partial charge in [-0.25, -0.2) is 9.38 Å². The first-order valence-electron chi connectivity index (χ1n) is 9.54. The predicted octanol–water partition coefficient (Wildman–Crippen LogP) is 1.20. The zero-order valence-electron chi connectivity index (χ0n) is 16.3. The molecule has 0 bridgehead atoms. The van der Waals surface area contributed by atoms with E-state index in [0.29, 0.717) is 12.1 Å². The molecule has 2 aromatic carbocycles. The molecule has 2 amide bonds. The van der Waals surface area contributed by atoms with Crippen LogP contribution in [0.2, 0.25) is 0 Å². The second-order valence-electron chi connectivity index (χ2n) is 7.13. The van der Waals surface area contributed by atoms with Gasteiger partial charge in [-0.1, -0.05) is 30.3 Å². The Morgan fingerprint density at radius 2 is 2.17 bits per heavy atom. The second-order valence-corrected chi connectivity index (χ2v) is 7.13. The van der Waals surface area contributed by atoms with E-state index in [-0.39, 0.29) is 42.4 Å². The topological polar surface area (TPSA) is 103 Å². The first-order valence-corrected chi connectivity index (χ1v) is 9.54. The van der Waals surface area contributed by atoms with Crippen LogP contribution in [0.3, 0.4) is 0 Å². The van der Waals surface area contributed by atoms with E-state index in [9.17, 15) is 19.1 Å². The van der Waals surface area contributed by atoms with Crippen LogP contribution in [-0.4, -0.2) is 46.5 Å². The highest BCUT2D eigenvalue weighted by Crippen LogP contribution is 2.34. The van der Waals surface area contributed by atoms with Crippen molar-refractivity contribution in [3.05, 3.63) is 59.4 Å². The molecule has 0 aliphatic carbocycles. The minimum Gasteiger partial charge on any atom is -0.481 e. The van der Waals surface area contributed by atoms with Gasteiger partial charge in [0.25, 0.3) is 11.8 Å². The molecule has 1 fully saturated rings. The lowest BCUT2D eigenvalue weighted by molar-refractivity contribution is -0.127. The number of hydrogen-bond acceptors (Lipinski definition) is 6. The highest BCUT2D eigenvalue weighted by atomic mass is 19.1. The van der Waals surface area contributed by atoms with Gasteiger partial charge in [0.05, 0.1) is 6.61 Å². The Morgan fingerprint density at radius 1 is 1.40 bits per heavy atom. The SMILES string of the molecule is CC(Oc1cc(F)c2c(c1)CN1C(=N2)NC(=O)C1CO)C(=O)NCc1ccccc1. The summed E-state index contributed by atoms with van der Waals surface area (Å²) in [6.07, 6.45) is -0.839. The predicted molar refractivity (Wildman–Crippen MR) is 106 cm³/mol. The molecule has 0 spiro atoms. The number of fused-ring (bicyclic) bond motifs is 2. The molecule has 2 heterocycles. The van der Waals surface area contributed by atoms with Gasteiger partial charge in [-0.05, 0) is 18.6 Å². The minimum atomic E-state index is -0.839. The maximum Gasteiger partial charge on any atom is 0.261 e. The summed E-state index contributed by atoms with van der Waals surface area (Å²) in [6, 6.07) is 11.5. The molecule has 156 valence electrons. The third kappa shape index (κ3) is 3.84. The molecule has 2 atom stereocenters. The molecule has 4 rings (SSSR count). The Morgan fingerprint density at radius 3 is 2.90 bits per heavy atom. The number of hydrogen-bond donors (Lipinski definition) is 3. The van der Waals surface area contributed by atoms with Crippen LogP contribution in [0.1, 0.15) is 18.1 Å². The quantitative estimate of drug-likeness (QED) is 0.662. The smallest absolute Gasteiger partial charge is 0.261 e. The summed E-state index contributed by atoms with van der Waals surface area (Å²) in [5, 5.41) is 14.8. The van der Waals surface area contributed by atoms with Crippen molar-refractivity contribution in [1.29, 1.82) is 0 Å². The summed E-state index contributed by atoms with van der Waals surface area (Å²) in [5.41, 5.74) is 1.56. The van der Waals surface area contributed by atoms with Gasteiger partial charge in [-0.2, -0.15) is 0 Å². The molecule has 9 heteroatoms. The van der Waals surface area contributed by atoms with Crippen molar-refractivity contribution < 1.29 is 23.8 Å². The number of carbonyl (C=O) groups excluding carboxylic acids is 2. The maximum absolute atomic E-state index is 14.6. The fraction of sp³-hybridized carbons (Fsp3) is 0.286. The van der Waals surface area contributed by atoms with Crippen LogP contribution >= 0.6 is 0 Å². The summed E-state index contributed by atoms with van der Waals surface area (Å²) >= 11 is 0. The number of nitrogens with zero attached hydrogens (tertiary/aromatic N) is 2. The number of amides is 2. The number of guanidine groups is 1. The number of rotatable bonds is 6. The number of nitrogens with one attached hydrogen (secondary N) is 2. The molecule has 0 saturated carbocycles. The number of aliphatic imine (C=N–C) groups is 1. The van der Waals surface area contributed by atoms with Crippen LogP contribution in [0.5, 0.6) is 5.75 Å². The van der Waals surface area contributed by atoms with Crippen LogP contribution in [0.15, 0.2) is 47.5 Å². The molecule has 8 nitrogen and oxygen atoms in total. The standard InChI is InChI=1S/C21H21FN4O4/c1-12(19(28)23-9-13-5-3-2-4-6-13)30-15-7-14-10-26-17(11-27)20(29)25-21(26)24-18(14)16(22)8-15/h2-8,12,17,27H,9-11H2,1H3,(H,23,28)(H,24,25,29). The molecule has 2 aliphatic heterocycles. The highest BCUT2D eigenvalue weighted by molar-refractivity contribution is 6.07. The Bertz CT molecular complexity index is 1010. The maximum atomic E-state index is 14.6. The number of benzene rings is 2. The molecule has 2 aliphatic rings. The van der Waals surface area contributed by atoms with E-state index in [2.05, 4.69) is 15.6 Å². The van der Waals surface area contributed by atoms with Crippen molar-refractivity contribution in [2.75, 3.05) is 6.61 Å². The van der Waals surface area contributed by atoms with E-state index in [1.165, 1.54) is 6.07 Å². The van der Waals surface area contributed by atoms with E-state index in [4.69, 9.17) is 4.74 Å². The fourth-order valence-corrected chi connectivity index (χ4v) is 3.43. The molecular formula is C21H21FN4O4. The monoisotopic (exact) mass is 412 g/mol. The summed E-state index contributed by atoms with van der Waals surface area (Å²) in [6.45, 7) is 1.75. The molecule has 2 aromatic rings. The van der Waals surface area contributed by atoms with E-state index in [0.717, 1.165) is 5.56 Å². The first kappa shape index (κ1) is 19.8. The Hall–Kier alpha value is -3.46. The normalized spacial score (nSPS) is 18.1. The Balaban J connectivity index is 1.45. The third-order valence-corrected chi connectivity index (χ3v) is 5.02. The number of carbonyl (C=O) groups is 2. The number of aliphatic hydroxyl groups excluding tert-OH is 1. The number of halogens is 1. The minimum absolute atomic E-state index is 0.105. The van der Waals surface area contributed by atoms with Crippen LogP contribution in [-0.2, 0) is 22.7 Å². The second kappa shape index (κ2) is 8.11. The number of ether oxygens (including phenoxy) is 1. The van der Waals surface area contributed by atoms with Crippen molar-refractivity contribution in [2.45, 2.75) is 32.2 Å². The van der Waals surface area contributed by atoms with Crippen molar-refractivity contribution in [2.24, 2.45) is 4.99 Å². The molecule has 0 radical (unpaired) electrons.